The third kappa shape index (κ3) is 4.63. The fourth-order valence-corrected chi connectivity index (χ4v) is 2.03. The van der Waals surface area contributed by atoms with Crippen LogP contribution in [0.5, 0.6) is 0 Å². The van der Waals surface area contributed by atoms with Gasteiger partial charge in [0.1, 0.15) is 5.82 Å². The first kappa shape index (κ1) is 17.6. The molecule has 2 rings (SSSR count). The van der Waals surface area contributed by atoms with Gasteiger partial charge in [-0.2, -0.15) is 0 Å². The lowest BCUT2D eigenvalue weighted by Gasteiger charge is -2.07. The molecule has 1 amide bonds. The minimum absolute atomic E-state index is 0.229. The molecule has 0 saturated carbocycles. The van der Waals surface area contributed by atoms with E-state index in [1.165, 1.54) is 43.3 Å². The Morgan fingerprint density at radius 2 is 1.79 bits per heavy atom. The van der Waals surface area contributed by atoms with E-state index in [-0.39, 0.29) is 22.7 Å². The molecule has 124 valence electrons. The van der Waals surface area contributed by atoms with E-state index in [9.17, 15) is 18.8 Å². The van der Waals surface area contributed by atoms with Crippen LogP contribution in [-0.2, 0) is 9.53 Å². The molecule has 0 unspecified atom stereocenters. The summed E-state index contributed by atoms with van der Waals surface area (Å²) >= 11 is 5.71. The van der Waals surface area contributed by atoms with E-state index in [4.69, 9.17) is 16.3 Å². The molecule has 0 aliphatic carbocycles. The summed E-state index contributed by atoms with van der Waals surface area (Å²) in [6, 6.07) is 9.57. The van der Waals surface area contributed by atoms with Gasteiger partial charge < -0.3 is 10.1 Å². The van der Waals surface area contributed by atoms with E-state index in [2.05, 4.69) is 5.32 Å². The molecule has 0 atom stereocenters. The van der Waals surface area contributed by atoms with Crippen LogP contribution in [0, 0.1) is 5.82 Å². The van der Waals surface area contributed by atoms with Crippen LogP contribution in [0.15, 0.2) is 42.5 Å². The summed E-state index contributed by atoms with van der Waals surface area (Å²) in [5.74, 6) is -2.57. The fraction of sp³-hybridized carbons (Fsp3) is 0.118. The maximum atomic E-state index is 13.9. The highest BCUT2D eigenvalue weighted by atomic mass is 35.5. The standard InChI is InChI=1S/C17H13ClFNO4/c1-10(21)20-13-6-7-14(15(19)8-13)16(22)9-24-17(23)11-2-4-12(18)5-3-11/h2-8H,9H2,1H3,(H,20,21). The van der Waals surface area contributed by atoms with Crippen molar-refractivity contribution in [1.82, 2.24) is 0 Å². The monoisotopic (exact) mass is 349 g/mol. The number of hydrogen-bond acceptors (Lipinski definition) is 4. The van der Waals surface area contributed by atoms with Gasteiger partial charge in [-0.25, -0.2) is 9.18 Å². The van der Waals surface area contributed by atoms with Crippen molar-refractivity contribution < 1.29 is 23.5 Å². The average Bonchev–Trinajstić information content (AvgIpc) is 2.52. The van der Waals surface area contributed by atoms with Crippen molar-refractivity contribution in [3.05, 3.63) is 64.4 Å². The molecule has 0 aliphatic rings. The van der Waals surface area contributed by atoms with Crippen molar-refractivity contribution in [3.63, 3.8) is 0 Å². The first-order chi connectivity index (χ1) is 11.4. The number of hydrogen-bond donors (Lipinski definition) is 1. The van der Waals surface area contributed by atoms with Crippen molar-refractivity contribution in [3.8, 4) is 0 Å². The Morgan fingerprint density at radius 1 is 1.12 bits per heavy atom. The lowest BCUT2D eigenvalue weighted by atomic mass is 10.1. The molecule has 0 radical (unpaired) electrons. The molecule has 0 fully saturated rings. The number of carbonyl (C=O) groups is 3. The zero-order chi connectivity index (χ0) is 17.7. The van der Waals surface area contributed by atoms with Crippen LogP contribution in [0.1, 0.15) is 27.6 Å². The summed E-state index contributed by atoms with van der Waals surface area (Å²) < 4.78 is 18.8. The van der Waals surface area contributed by atoms with Gasteiger partial charge in [-0.15, -0.1) is 0 Å². The number of nitrogens with one attached hydrogen (secondary N) is 1. The first-order valence-electron chi connectivity index (χ1n) is 6.90. The fourth-order valence-electron chi connectivity index (χ4n) is 1.90. The number of anilines is 1. The lowest BCUT2D eigenvalue weighted by molar-refractivity contribution is -0.114. The zero-order valence-corrected chi connectivity index (χ0v) is 13.4. The number of carbonyl (C=O) groups excluding carboxylic acids is 3. The second-order valence-corrected chi connectivity index (χ2v) is 5.32. The van der Waals surface area contributed by atoms with Gasteiger partial charge in [-0.1, -0.05) is 11.6 Å². The highest BCUT2D eigenvalue weighted by Crippen LogP contribution is 2.16. The molecule has 2 aromatic carbocycles. The maximum absolute atomic E-state index is 13.9. The molecule has 1 N–H and O–H groups in total. The third-order valence-electron chi connectivity index (χ3n) is 3.00. The minimum atomic E-state index is -0.811. The van der Waals surface area contributed by atoms with Crippen LogP contribution >= 0.6 is 11.6 Å². The number of amides is 1. The predicted octanol–water partition coefficient (Wildman–Crippen LogP) is 3.48. The molecule has 2 aromatic rings. The largest absolute Gasteiger partial charge is 0.454 e. The summed E-state index contributed by atoms with van der Waals surface area (Å²) in [4.78, 5) is 34.7. The SMILES string of the molecule is CC(=O)Nc1ccc(C(=O)COC(=O)c2ccc(Cl)cc2)c(F)c1. The molecule has 24 heavy (non-hydrogen) atoms. The summed E-state index contributed by atoms with van der Waals surface area (Å²) in [6.45, 7) is 0.686. The smallest absolute Gasteiger partial charge is 0.338 e. The Labute approximate surface area is 142 Å². The van der Waals surface area contributed by atoms with Crippen LogP contribution < -0.4 is 5.32 Å². The molecule has 0 spiro atoms. The van der Waals surface area contributed by atoms with Crippen molar-refractivity contribution >= 4 is 34.9 Å². The van der Waals surface area contributed by atoms with Crippen molar-refractivity contribution in [2.45, 2.75) is 6.92 Å². The number of esters is 1. The molecule has 7 heteroatoms. The quantitative estimate of drug-likeness (QED) is 0.662. The van der Waals surface area contributed by atoms with E-state index < -0.39 is 24.2 Å². The van der Waals surface area contributed by atoms with Crippen LogP contribution in [-0.4, -0.2) is 24.3 Å². The van der Waals surface area contributed by atoms with Gasteiger partial charge in [-0.05, 0) is 42.5 Å². The lowest BCUT2D eigenvalue weighted by Crippen LogP contribution is -2.15. The second kappa shape index (κ2) is 7.70. The summed E-state index contributed by atoms with van der Waals surface area (Å²) in [5.41, 5.74) is 0.233. The van der Waals surface area contributed by atoms with Gasteiger partial charge in [0, 0.05) is 17.6 Å². The predicted molar refractivity (Wildman–Crippen MR) is 86.8 cm³/mol. The third-order valence-corrected chi connectivity index (χ3v) is 3.26. The number of ketones is 1. The van der Waals surface area contributed by atoms with Crippen molar-refractivity contribution in [2.75, 3.05) is 11.9 Å². The van der Waals surface area contributed by atoms with Crippen molar-refractivity contribution in [2.24, 2.45) is 0 Å². The van der Waals surface area contributed by atoms with E-state index in [1.807, 2.05) is 0 Å². The molecule has 0 saturated heterocycles. The zero-order valence-electron chi connectivity index (χ0n) is 12.6. The van der Waals surface area contributed by atoms with Gasteiger partial charge in [0.15, 0.2) is 6.61 Å². The van der Waals surface area contributed by atoms with Crippen LogP contribution in [0.3, 0.4) is 0 Å². The number of benzene rings is 2. The van der Waals surface area contributed by atoms with Gasteiger partial charge in [0.2, 0.25) is 11.7 Å². The van der Waals surface area contributed by atoms with Crippen LogP contribution in [0.4, 0.5) is 10.1 Å². The van der Waals surface area contributed by atoms with Gasteiger partial charge in [-0.3, -0.25) is 9.59 Å². The summed E-state index contributed by atoms with van der Waals surface area (Å²) in [6.07, 6.45) is 0. The van der Waals surface area contributed by atoms with E-state index in [1.54, 1.807) is 0 Å². The van der Waals surface area contributed by atoms with Gasteiger partial charge >= 0.3 is 5.97 Å². The first-order valence-corrected chi connectivity index (χ1v) is 7.27. The van der Waals surface area contributed by atoms with Gasteiger partial charge in [0.25, 0.3) is 0 Å². The second-order valence-electron chi connectivity index (χ2n) is 4.88. The Kier molecular flexibility index (Phi) is 5.65. The van der Waals surface area contributed by atoms with Crippen LogP contribution in [0.2, 0.25) is 5.02 Å². The number of rotatable bonds is 5. The number of ether oxygens (including phenoxy) is 1. The van der Waals surface area contributed by atoms with Crippen molar-refractivity contribution in [1.29, 1.82) is 0 Å². The van der Waals surface area contributed by atoms with Gasteiger partial charge in [0.05, 0.1) is 11.1 Å². The molecular weight excluding hydrogens is 337 g/mol. The Balaban J connectivity index is 2.00. The normalized spacial score (nSPS) is 10.1. The summed E-state index contributed by atoms with van der Waals surface area (Å²) in [7, 11) is 0. The molecule has 0 aliphatic heterocycles. The number of halogens is 2. The molecule has 0 heterocycles. The summed E-state index contributed by atoms with van der Waals surface area (Å²) in [5, 5.41) is 2.86. The number of Topliss-reactive ketones (excluding diaryl/α,β-unsaturated/α-hetero) is 1. The van der Waals surface area contributed by atoms with Crippen LogP contribution in [0.25, 0.3) is 0 Å². The topological polar surface area (TPSA) is 72.5 Å². The Morgan fingerprint density at radius 3 is 2.38 bits per heavy atom. The van der Waals surface area contributed by atoms with E-state index >= 15 is 0 Å². The molecule has 0 aromatic heterocycles. The molecular formula is C17H13ClFNO4. The van der Waals surface area contributed by atoms with E-state index in [0.717, 1.165) is 6.07 Å². The molecule has 5 nitrogen and oxygen atoms in total. The average molecular weight is 350 g/mol. The Bertz CT molecular complexity index is 790. The minimum Gasteiger partial charge on any atom is -0.454 e. The molecule has 0 bridgehead atoms. The van der Waals surface area contributed by atoms with E-state index in [0.29, 0.717) is 5.02 Å². The highest BCUT2D eigenvalue weighted by Gasteiger charge is 2.16. The Hall–Kier alpha value is -2.73. The maximum Gasteiger partial charge on any atom is 0.338 e. The highest BCUT2D eigenvalue weighted by molar-refractivity contribution is 6.30.